The SMILES string of the molecule is BC1(B)CCC(C)(C)C(/C=C/C(=O)N2CCN(C(N)=O)CC2)=C1C. The predicted octanol–water partition coefficient (Wildman–Crippen LogP) is 0.284. The second kappa shape index (κ2) is 6.69. The third kappa shape index (κ3) is 3.87. The fourth-order valence-electron chi connectivity index (χ4n) is 3.58. The Balaban J connectivity index is 2.09. The Morgan fingerprint density at radius 1 is 1.08 bits per heavy atom. The van der Waals surface area contributed by atoms with E-state index in [-0.39, 0.29) is 16.5 Å². The number of piperazine rings is 1. The zero-order chi connectivity index (χ0) is 18.1. The maximum atomic E-state index is 12.5. The zero-order valence-corrected chi connectivity index (χ0v) is 15.7. The van der Waals surface area contributed by atoms with E-state index in [0.717, 1.165) is 6.42 Å². The van der Waals surface area contributed by atoms with Crippen molar-refractivity contribution in [3.63, 3.8) is 0 Å². The lowest BCUT2D eigenvalue weighted by Gasteiger charge is -2.42. The topological polar surface area (TPSA) is 66.6 Å². The van der Waals surface area contributed by atoms with Gasteiger partial charge in [0.05, 0.1) is 0 Å². The van der Waals surface area contributed by atoms with Crippen LogP contribution in [0.5, 0.6) is 0 Å². The van der Waals surface area contributed by atoms with E-state index in [4.69, 9.17) is 5.73 Å². The van der Waals surface area contributed by atoms with E-state index >= 15 is 0 Å². The smallest absolute Gasteiger partial charge is 0.314 e. The van der Waals surface area contributed by atoms with Crippen molar-refractivity contribution < 1.29 is 9.59 Å². The summed E-state index contributed by atoms with van der Waals surface area (Å²) in [5.41, 5.74) is 8.03. The number of amides is 3. The summed E-state index contributed by atoms with van der Waals surface area (Å²) in [6.07, 6.45) is 6.01. The average Bonchev–Trinajstić information content (AvgIpc) is 2.51. The lowest BCUT2D eigenvalue weighted by atomic mass is 9.44. The summed E-state index contributed by atoms with van der Waals surface area (Å²) in [5.74, 6) is 0.0126. The van der Waals surface area contributed by atoms with E-state index in [1.165, 1.54) is 17.6 Å². The van der Waals surface area contributed by atoms with Gasteiger partial charge in [-0.1, -0.05) is 37.1 Å². The maximum Gasteiger partial charge on any atom is 0.314 e. The van der Waals surface area contributed by atoms with Gasteiger partial charge >= 0.3 is 6.03 Å². The molecular formula is C17H29B2N3O2. The van der Waals surface area contributed by atoms with Crippen LogP contribution in [-0.2, 0) is 4.79 Å². The molecule has 7 heteroatoms. The van der Waals surface area contributed by atoms with Crippen LogP contribution in [0.2, 0.25) is 5.21 Å². The van der Waals surface area contributed by atoms with Crippen molar-refractivity contribution in [1.29, 1.82) is 0 Å². The van der Waals surface area contributed by atoms with Crippen LogP contribution in [0.25, 0.3) is 0 Å². The number of rotatable bonds is 2. The average molecular weight is 329 g/mol. The first-order valence-corrected chi connectivity index (χ1v) is 8.78. The lowest BCUT2D eigenvalue weighted by Crippen LogP contribution is -2.51. The van der Waals surface area contributed by atoms with E-state index < -0.39 is 6.03 Å². The number of primary amides is 1. The number of carbonyl (C=O) groups is 2. The number of nitrogens with two attached hydrogens (primary N) is 1. The van der Waals surface area contributed by atoms with Gasteiger partial charge in [0.2, 0.25) is 5.91 Å². The van der Waals surface area contributed by atoms with Gasteiger partial charge in [-0.25, -0.2) is 4.79 Å². The fourth-order valence-corrected chi connectivity index (χ4v) is 3.58. The van der Waals surface area contributed by atoms with Crippen LogP contribution in [-0.4, -0.2) is 63.6 Å². The van der Waals surface area contributed by atoms with Gasteiger partial charge in [0, 0.05) is 32.3 Å². The molecule has 0 aromatic rings. The summed E-state index contributed by atoms with van der Waals surface area (Å²) < 4.78 is 0. The molecule has 2 aliphatic rings. The molecule has 0 spiro atoms. The molecule has 5 nitrogen and oxygen atoms in total. The van der Waals surface area contributed by atoms with Crippen LogP contribution >= 0.6 is 0 Å². The number of urea groups is 1. The Bertz CT molecular complexity index is 589. The van der Waals surface area contributed by atoms with Crippen molar-refractivity contribution in [1.82, 2.24) is 9.80 Å². The molecule has 2 N–H and O–H groups in total. The molecule has 0 saturated carbocycles. The summed E-state index contributed by atoms with van der Waals surface area (Å²) in [6.45, 7) is 8.79. The molecule has 3 amide bonds. The number of hydrogen-bond acceptors (Lipinski definition) is 2. The molecule has 1 saturated heterocycles. The van der Waals surface area contributed by atoms with Crippen molar-refractivity contribution in [2.75, 3.05) is 26.2 Å². The summed E-state index contributed by atoms with van der Waals surface area (Å²) in [6, 6.07) is -0.412. The van der Waals surface area contributed by atoms with Gasteiger partial charge in [-0.3, -0.25) is 4.79 Å². The van der Waals surface area contributed by atoms with Gasteiger partial charge in [-0.2, -0.15) is 0 Å². The van der Waals surface area contributed by atoms with Crippen LogP contribution in [0, 0.1) is 5.41 Å². The largest absolute Gasteiger partial charge is 0.351 e. The Hall–Kier alpha value is -1.65. The number of nitrogens with zero attached hydrogens (tertiary/aromatic N) is 2. The van der Waals surface area contributed by atoms with Crippen LogP contribution in [0.3, 0.4) is 0 Å². The Labute approximate surface area is 147 Å². The maximum absolute atomic E-state index is 12.5. The van der Waals surface area contributed by atoms with Crippen molar-refractivity contribution in [2.24, 2.45) is 11.1 Å². The quantitative estimate of drug-likeness (QED) is 0.584. The molecule has 0 radical (unpaired) electrons. The van der Waals surface area contributed by atoms with Gasteiger partial charge in [0.1, 0.15) is 15.7 Å². The van der Waals surface area contributed by atoms with E-state index in [1.54, 1.807) is 15.9 Å². The monoisotopic (exact) mass is 329 g/mol. The molecule has 1 heterocycles. The van der Waals surface area contributed by atoms with Crippen molar-refractivity contribution >= 4 is 27.6 Å². The molecule has 1 fully saturated rings. The van der Waals surface area contributed by atoms with Crippen LogP contribution in [0.15, 0.2) is 23.3 Å². The third-order valence-corrected chi connectivity index (χ3v) is 5.82. The summed E-state index contributed by atoms with van der Waals surface area (Å²) >= 11 is 0. The van der Waals surface area contributed by atoms with Crippen molar-refractivity contribution in [2.45, 2.75) is 38.8 Å². The molecule has 0 unspecified atom stereocenters. The Morgan fingerprint density at radius 3 is 2.17 bits per heavy atom. The zero-order valence-electron chi connectivity index (χ0n) is 15.7. The lowest BCUT2D eigenvalue weighted by molar-refractivity contribution is -0.127. The first kappa shape index (κ1) is 18.7. The standard InChI is InChI=1S/C17H29B2N3O2/c1-12-13(16(2,3)6-7-17(12,18)19)4-5-14(23)21-8-10-22(11-9-21)15(20)24/h4-5H,6-11,18-19H2,1-3H3,(H2,20,24)/b5-4+. The minimum Gasteiger partial charge on any atom is -0.351 e. The van der Waals surface area contributed by atoms with Gasteiger partial charge < -0.3 is 15.5 Å². The molecule has 0 atom stereocenters. The van der Waals surface area contributed by atoms with Gasteiger partial charge in [-0.15, -0.1) is 0 Å². The van der Waals surface area contributed by atoms with Gasteiger partial charge in [0.15, 0.2) is 0 Å². The first-order valence-electron chi connectivity index (χ1n) is 8.78. The van der Waals surface area contributed by atoms with Crippen LogP contribution in [0.4, 0.5) is 4.79 Å². The fraction of sp³-hybridized carbons (Fsp3) is 0.647. The summed E-state index contributed by atoms with van der Waals surface area (Å²) in [7, 11) is 4.55. The molecule has 24 heavy (non-hydrogen) atoms. The highest BCUT2D eigenvalue weighted by Gasteiger charge is 2.35. The van der Waals surface area contributed by atoms with Crippen molar-refractivity contribution in [3.05, 3.63) is 23.3 Å². The molecule has 1 aliphatic carbocycles. The number of hydrogen-bond donors (Lipinski definition) is 1. The second-order valence-electron chi connectivity index (χ2n) is 8.29. The Kier molecular flexibility index (Phi) is 5.21. The normalized spacial score (nSPS) is 23.6. The van der Waals surface area contributed by atoms with Crippen LogP contribution < -0.4 is 5.73 Å². The molecular weight excluding hydrogens is 300 g/mol. The summed E-state index contributed by atoms with van der Waals surface area (Å²) in [4.78, 5) is 27.0. The molecule has 0 aromatic heterocycles. The summed E-state index contributed by atoms with van der Waals surface area (Å²) in [5, 5.41) is 0.186. The Morgan fingerprint density at radius 2 is 1.62 bits per heavy atom. The second-order valence-corrected chi connectivity index (χ2v) is 8.29. The number of carbonyl (C=O) groups excluding carboxylic acids is 2. The van der Waals surface area contributed by atoms with Gasteiger partial charge in [0.25, 0.3) is 0 Å². The molecule has 130 valence electrons. The predicted molar refractivity (Wildman–Crippen MR) is 102 cm³/mol. The van der Waals surface area contributed by atoms with E-state index in [2.05, 4.69) is 36.5 Å². The highest BCUT2D eigenvalue weighted by molar-refractivity contribution is 6.42. The van der Waals surface area contributed by atoms with Crippen LogP contribution in [0.1, 0.15) is 33.6 Å². The van der Waals surface area contributed by atoms with Crippen molar-refractivity contribution in [3.8, 4) is 0 Å². The molecule has 1 aliphatic heterocycles. The molecule has 2 rings (SSSR count). The highest BCUT2D eigenvalue weighted by atomic mass is 16.2. The minimum atomic E-state index is -0.412. The van der Waals surface area contributed by atoms with E-state index in [0.29, 0.717) is 26.2 Å². The first-order chi connectivity index (χ1) is 11.0. The van der Waals surface area contributed by atoms with E-state index in [9.17, 15) is 9.59 Å². The molecule has 0 bridgehead atoms. The minimum absolute atomic E-state index is 0.0126. The third-order valence-electron chi connectivity index (χ3n) is 5.82. The molecule has 0 aromatic carbocycles. The number of allylic oxidation sites excluding steroid dienone is 3. The van der Waals surface area contributed by atoms with E-state index in [1.807, 2.05) is 6.08 Å². The highest BCUT2D eigenvalue weighted by Crippen LogP contribution is 2.49. The van der Waals surface area contributed by atoms with Gasteiger partial charge in [-0.05, 0) is 24.3 Å².